The largest absolute Gasteiger partial charge is 0.459 e. The zero-order chi connectivity index (χ0) is 20.7. The lowest BCUT2D eigenvalue weighted by molar-refractivity contribution is 0.0163. The number of para-hydroxylation sites is 2. The zero-order valence-corrected chi connectivity index (χ0v) is 16.7. The minimum atomic E-state index is -0.511. The van der Waals surface area contributed by atoms with E-state index in [-0.39, 0.29) is 24.1 Å². The predicted molar refractivity (Wildman–Crippen MR) is 115 cm³/mol. The van der Waals surface area contributed by atoms with Crippen LogP contribution >= 0.6 is 0 Å². The number of anilines is 1. The third-order valence-electron chi connectivity index (χ3n) is 5.42. The number of ether oxygens (including phenoxy) is 2. The molecule has 7 heteroatoms. The molecule has 1 saturated heterocycles. The molecule has 0 aliphatic carbocycles. The molecule has 1 aliphatic rings. The summed E-state index contributed by atoms with van der Waals surface area (Å²) in [6.07, 6.45) is 1.81. The molecule has 0 unspecified atom stereocenters. The Kier molecular flexibility index (Phi) is 4.59. The van der Waals surface area contributed by atoms with Crippen LogP contribution in [0.5, 0.6) is 0 Å². The number of carbonyl (C=O) groups is 1. The maximum Gasteiger partial charge on any atom is 0.344 e. The Morgan fingerprint density at radius 3 is 2.60 bits per heavy atom. The van der Waals surface area contributed by atoms with Crippen molar-refractivity contribution in [3.8, 4) is 5.69 Å². The first-order valence-corrected chi connectivity index (χ1v) is 10.0. The minimum absolute atomic E-state index is 0.0625. The first-order valence-electron chi connectivity index (χ1n) is 10.0. The second kappa shape index (κ2) is 7.42. The van der Waals surface area contributed by atoms with Crippen LogP contribution in [-0.4, -0.2) is 39.8 Å². The first kappa shape index (κ1) is 18.6. The van der Waals surface area contributed by atoms with Crippen molar-refractivity contribution in [1.29, 1.82) is 0 Å². The molecule has 0 saturated carbocycles. The molecule has 1 fully saturated rings. The van der Waals surface area contributed by atoms with Crippen molar-refractivity contribution >= 4 is 34.0 Å². The van der Waals surface area contributed by atoms with Gasteiger partial charge >= 0.3 is 5.97 Å². The highest BCUT2D eigenvalue weighted by atomic mass is 16.6. The van der Waals surface area contributed by atoms with Gasteiger partial charge in [0.05, 0.1) is 17.1 Å². The molecule has 1 aliphatic heterocycles. The summed E-state index contributed by atoms with van der Waals surface area (Å²) in [5.74, 6) is -0.245. The van der Waals surface area contributed by atoms with Gasteiger partial charge in [-0.2, -0.15) is 0 Å². The number of hydrogen-bond acceptors (Lipinski definition) is 6. The van der Waals surface area contributed by atoms with Gasteiger partial charge in [0.25, 0.3) is 0 Å². The number of fused-ring (bicyclic) bond motifs is 2. The lowest BCUT2D eigenvalue weighted by atomic mass is 10.2. The van der Waals surface area contributed by atoms with Crippen molar-refractivity contribution in [2.75, 3.05) is 18.9 Å². The average molecular weight is 402 g/mol. The summed E-state index contributed by atoms with van der Waals surface area (Å²) in [6.45, 7) is 2.92. The Bertz CT molecular complexity index is 1240. The van der Waals surface area contributed by atoms with E-state index in [2.05, 4.69) is 0 Å². The van der Waals surface area contributed by atoms with Crippen molar-refractivity contribution in [2.45, 2.75) is 25.9 Å². The summed E-state index contributed by atoms with van der Waals surface area (Å²) in [4.78, 5) is 22.5. The number of carbonyl (C=O) groups excluding carboxylic acids is 1. The van der Waals surface area contributed by atoms with E-state index in [0.717, 1.165) is 29.6 Å². The fourth-order valence-corrected chi connectivity index (χ4v) is 3.83. The van der Waals surface area contributed by atoms with Crippen LogP contribution in [0.15, 0.2) is 48.5 Å². The Balaban J connectivity index is 1.66. The molecule has 2 aromatic carbocycles. The van der Waals surface area contributed by atoms with E-state index < -0.39 is 5.97 Å². The lowest BCUT2D eigenvalue weighted by Crippen LogP contribution is -2.18. The van der Waals surface area contributed by atoms with Gasteiger partial charge in [0.2, 0.25) is 0 Å². The van der Waals surface area contributed by atoms with E-state index in [1.807, 2.05) is 55.5 Å². The van der Waals surface area contributed by atoms with E-state index in [4.69, 9.17) is 25.2 Å². The SMILES string of the molecule is Cc1ccc(-n2c(N)c(C(=O)OC[C@@H]3CCCO3)c3nc4ccccc4nc32)cc1. The summed E-state index contributed by atoms with van der Waals surface area (Å²) in [6, 6.07) is 15.4. The molecule has 152 valence electrons. The van der Waals surface area contributed by atoms with Gasteiger partial charge in [0, 0.05) is 12.3 Å². The van der Waals surface area contributed by atoms with Crippen molar-refractivity contribution in [3.05, 3.63) is 59.7 Å². The van der Waals surface area contributed by atoms with E-state index in [1.165, 1.54) is 0 Å². The smallest absolute Gasteiger partial charge is 0.344 e. The highest BCUT2D eigenvalue weighted by Gasteiger charge is 2.27. The molecule has 0 radical (unpaired) electrons. The zero-order valence-electron chi connectivity index (χ0n) is 16.7. The van der Waals surface area contributed by atoms with Crippen molar-refractivity contribution < 1.29 is 14.3 Å². The van der Waals surface area contributed by atoms with Crippen molar-refractivity contribution in [1.82, 2.24) is 14.5 Å². The van der Waals surface area contributed by atoms with Crippen molar-refractivity contribution in [2.24, 2.45) is 0 Å². The number of nitrogen functional groups attached to an aromatic ring is 1. The summed E-state index contributed by atoms with van der Waals surface area (Å²) < 4.78 is 12.9. The number of aromatic nitrogens is 3. The van der Waals surface area contributed by atoms with Crippen LogP contribution in [0.3, 0.4) is 0 Å². The molecule has 0 spiro atoms. The molecular formula is C23H22N4O3. The van der Waals surface area contributed by atoms with E-state index in [9.17, 15) is 4.79 Å². The number of aryl methyl sites for hydroxylation is 1. The van der Waals surface area contributed by atoms with Crippen LogP contribution in [0.2, 0.25) is 0 Å². The van der Waals surface area contributed by atoms with Crippen LogP contribution in [-0.2, 0) is 9.47 Å². The molecule has 2 aromatic heterocycles. The summed E-state index contributed by atoms with van der Waals surface area (Å²) in [5, 5.41) is 0. The second-order valence-corrected chi connectivity index (χ2v) is 7.55. The van der Waals surface area contributed by atoms with Gasteiger partial charge in [-0.05, 0) is 44.0 Å². The summed E-state index contributed by atoms with van der Waals surface area (Å²) >= 11 is 0. The molecule has 1 atom stereocenters. The maximum absolute atomic E-state index is 13.0. The quantitative estimate of drug-likeness (QED) is 0.522. The molecular weight excluding hydrogens is 380 g/mol. The van der Waals surface area contributed by atoms with Crippen LogP contribution in [0.4, 0.5) is 5.82 Å². The van der Waals surface area contributed by atoms with Gasteiger partial charge in [0.15, 0.2) is 5.65 Å². The number of esters is 1. The van der Waals surface area contributed by atoms with Crippen LogP contribution in [0.1, 0.15) is 28.8 Å². The third-order valence-corrected chi connectivity index (χ3v) is 5.42. The van der Waals surface area contributed by atoms with Gasteiger partial charge in [-0.25, -0.2) is 14.8 Å². The van der Waals surface area contributed by atoms with Crippen LogP contribution in [0.25, 0.3) is 27.9 Å². The molecule has 2 N–H and O–H groups in total. The normalized spacial score (nSPS) is 16.4. The molecule has 0 bridgehead atoms. The molecule has 0 amide bonds. The van der Waals surface area contributed by atoms with Gasteiger partial charge in [0.1, 0.15) is 23.5 Å². The highest BCUT2D eigenvalue weighted by molar-refractivity contribution is 6.09. The standard InChI is InChI=1S/C23H22N4O3/c1-14-8-10-15(11-9-14)27-21(24)19(23(28)30-13-16-5-4-12-29-16)20-22(27)26-18-7-3-2-6-17(18)25-20/h2-3,6-11,16H,4-5,12-13,24H2,1H3/t16-/m0/s1. The number of nitrogens with two attached hydrogens (primary N) is 1. The van der Waals surface area contributed by atoms with E-state index in [0.29, 0.717) is 23.3 Å². The molecule has 5 rings (SSSR count). The topological polar surface area (TPSA) is 92.3 Å². The van der Waals surface area contributed by atoms with Gasteiger partial charge in [-0.15, -0.1) is 0 Å². The Morgan fingerprint density at radius 2 is 1.90 bits per heavy atom. The Hall–Kier alpha value is -3.45. The van der Waals surface area contributed by atoms with Gasteiger partial charge < -0.3 is 15.2 Å². The van der Waals surface area contributed by atoms with Crippen LogP contribution in [0, 0.1) is 6.92 Å². The van der Waals surface area contributed by atoms with Gasteiger partial charge in [-0.1, -0.05) is 29.8 Å². The number of rotatable bonds is 4. The molecule has 30 heavy (non-hydrogen) atoms. The van der Waals surface area contributed by atoms with Crippen LogP contribution < -0.4 is 5.73 Å². The third kappa shape index (κ3) is 3.17. The minimum Gasteiger partial charge on any atom is -0.459 e. The lowest BCUT2D eigenvalue weighted by Gasteiger charge is -2.10. The summed E-state index contributed by atoms with van der Waals surface area (Å²) in [5.41, 5.74) is 11.0. The summed E-state index contributed by atoms with van der Waals surface area (Å²) in [7, 11) is 0. The highest BCUT2D eigenvalue weighted by Crippen LogP contribution is 2.31. The average Bonchev–Trinajstić information content (AvgIpc) is 3.37. The number of benzene rings is 2. The predicted octanol–water partition coefficient (Wildman–Crippen LogP) is 3.80. The van der Waals surface area contributed by atoms with E-state index in [1.54, 1.807) is 4.57 Å². The fraction of sp³-hybridized carbons (Fsp3) is 0.261. The number of nitrogens with zero attached hydrogens (tertiary/aromatic N) is 3. The first-order chi connectivity index (χ1) is 14.6. The van der Waals surface area contributed by atoms with Gasteiger partial charge in [-0.3, -0.25) is 4.57 Å². The molecule has 3 heterocycles. The second-order valence-electron chi connectivity index (χ2n) is 7.55. The molecule has 7 nitrogen and oxygen atoms in total. The monoisotopic (exact) mass is 402 g/mol. The Morgan fingerprint density at radius 1 is 1.17 bits per heavy atom. The maximum atomic E-state index is 13.0. The Labute approximate surface area is 173 Å². The van der Waals surface area contributed by atoms with E-state index >= 15 is 0 Å². The molecule has 4 aromatic rings. The van der Waals surface area contributed by atoms with Crippen molar-refractivity contribution in [3.63, 3.8) is 0 Å². The fourth-order valence-electron chi connectivity index (χ4n) is 3.83. The number of hydrogen-bond donors (Lipinski definition) is 1.